The molecule has 1 saturated heterocycles. The highest BCUT2D eigenvalue weighted by molar-refractivity contribution is 5.81. The van der Waals surface area contributed by atoms with Crippen molar-refractivity contribution in [3.8, 4) is 0 Å². The van der Waals surface area contributed by atoms with Crippen molar-refractivity contribution in [3.05, 3.63) is 17.0 Å². The number of aryl methyl sites for hydroxylation is 2. The highest BCUT2D eigenvalue weighted by Crippen LogP contribution is 2.32. The number of nitrogens with one attached hydrogen (secondary N) is 2. The van der Waals surface area contributed by atoms with Gasteiger partial charge in [0.15, 0.2) is 0 Å². The molecule has 2 aliphatic rings. The van der Waals surface area contributed by atoms with E-state index in [2.05, 4.69) is 15.8 Å². The van der Waals surface area contributed by atoms with Crippen LogP contribution in [0.3, 0.4) is 0 Å². The molecule has 5 heteroatoms. The number of nitrogens with zero attached hydrogens (tertiary/aromatic N) is 1. The van der Waals surface area contributed by atoms with Gasteiger partial charge in [0.1, 0.15) is 5.76 Å². The molecular formula is C16H25N3O2. The van der Waals surface area contributed by atoms with Crippen molar-refractivity contribution in [3.63, 3.8) is 0 Å². The molecule has 3 atom stereocenters. The third kappa shape index (κ3) is 3.12. The maximum atomic E-state index is 12.4. The van der Waals surface area contributed by atoms with Crippen LogP contribution in [-0.2, 0) is 11.3 Å². The molecule has 1 saturated carbocycles. The van der Waals surface area contributed by atoms with E-state index in [4.69, 9.17) is 4.52 Å². The van der Waals surface area contributed by atoms with Gasteiger partial charge >= 0.3 is 0 Å². The highest BCUT2D eigenvalue weighted by atomic mass is 16.5. The number of rotatable bonds is 3. The van der Waals surface area contributed by atoms with Crippen LogP contribution >= 0.6 is 0 Å². The third-order valence-electron chi connectivity index (χ3n) is 5.09. The largest absolute Gasteiger partial charge is 0.361 e. The van der Waals surface area contributed by atoms with Gasteiger partial charge in [-0.1, -0.05) is 18.0 Å². The number of aromatic nitrogens is 1. The summed E-state index contributed by atoms with van der Waals surface area (Å²) in [7, 11) is 0. The lowest BCUT2D eigenvalue weighted by atomic mass is 9.77. The van der Waals surface area contributed by atoms with Crippen LogP contribution in [0.25, 0.3) is 0 Å². The standard InChI is InChI=1S/C16H25N3O2/c1-10-13(11(2)21-19-10)9-17-16(20)15-8-7-12-5-3-4-6-14(12)18-15/h12,14-15,18H,3-9H2,1-2H3,(H,17,20). The maximum Gasteiger partial charge on any atom is 0.237 e. The van der Waals surface area contributed by atoms with Crippen LogP contribution < -0.4 is 10.6 Å². The molecule has 1 aliphatic heterocycles. The molecule has 5 nitrogen and oxygen atoms in total. The first-order chi connectivity index (χ1) is 10.1. The fraction of sp³-hybridized carbons (Fsp3) is 0.750. The minimum Gasteiger partial charge on any atom is -0.361 e. The molecule has 3 unspecified atom stereocenters. The molecule has 0 radical (unpaired) electrons. The predicted molar refractivity (Wildman–Crippen MR) is 79.7 cm³/mol. The van der Waals surface area contributed by atoms with Gasteiger partial charge in [0.2, 0.25) is 5.91 Å². The fourth-order valence-electron chi connectivity index (χ4n) is 3.75. The number of fused-ring (bicyclic) bond motifs is 1. The molecule has 0 aromatic carbocycles. The van der Waals surface area contributed by atoms with E-state index >= 15 is 0 Å². The van der Waals surface area contributed by atoms with Gasteiger partial charge in [-0.2, -0.15) is 0 Å². The summed E-state index contributed by atoms with van der Waals surface area (Å²) < 4.78 is 5.13. The van der Waals surface area contributed by atoms with Gasteiger partial charge in [0, 0.05) is 18.2 Å². The average Bonchev–Trinajstić information content (AvgIpc) is 2.83. The minimum atomic E-state index is -0.0372. The molecular weight excluding hydrogens is 266 g/mol. The van der Waals surface area contributed by atoms with Crippen LogP contribution in [0.15, 0.2) is 4.52 Å². The van der Waals surface area contributed by atoms with Gasteiger partial charge in [-0.3, -0.25) is 4.79 Å². The first kappa shape index (κ1) is 14.6. The second kappa shape index (κ2) is 6.18. The Labute approximate surface area is 125 Å². The summed E-state index contributed by atoms with van der Waals surface area (Å²) in [5.74, 6) is 1.68. The van der Waals surface area contributed by atoms with Crippen molar-refractivity contribution in [2.24, 2.45) is 5.92 Å². The van der Waals surface area contributed by atoms with Crippen molar-refractivity contribution in [2.45, 2.75) is 71.0 Å². The summed E-state index contributed by atoms with van der Waals surface area (Å²) in [6.45, 7) is 4.29. The molecule has 2 heterocycles. The van der Waals surface area contributed by atoms with E-state index in [0.29, 0.717) is 12.6 Å². The Morgan fingerprint density at radius 3 is 2.86 bits per heavy atom. The summed E-state index contributed by atoms with van der Waals surface area (Å²) in [6.07, 6.45) is 7.33. The van der Waals surface area contributed by atoms with E-state index in [0.717, 1.165) is 29.4 Å². The second-order valence-electron chi connectivity index (χ2n) is 6.47. The van der Waals surface area contributed by atoms with E-state index in [1.807, 2.05) is 13.8 Å². The van der Waals surface area contributed by atoms with Gasteiger partial charge in [-0.05, 0) is 45.4 Å². The topological polar surface area (TPSA) is 67.2 Å². The van der Waals surface area contributed by atoms with E-state index < -0.39 is 0 Å². The van der Waals surface area contributed by atoms with Gasteiger partial charge in [-0.15, -0.1) is 0 Å². The van der Waals surface area contributed by atoms with E-state index in [-0.39, 0.29) is 11.9 Å². The lowest BCUT2D eigenvalue weighted by Crippen LogP contribution is -2.54. The third-order valence-corrected chi connectivity index (χ3v) is 5.09. The molecule has 1 aromatic rings. The number of piperidine rings is 1. The number of carbonyl (C=O) groups is 1. The Kier molecular flexibility index (Phi) is 4.29. The van der Waals surface area contributed by atoms with Crippen LogP contribution in [0.2, 0.25) is 0 Å². The Morgan fingerprint density at radius 1 is 1.29 bits per heavy atom. The zero-order chi connectivity index (χ0) is 14.8. The van der Waals surface area contributed by atoms with E-state index in [1.165, 1.54) is 32.1 Å². The molecule has 1 amide bonds. The normalized spacial score (nSPS) is 29.0. The van der Waals surface area contributed by atoms with Gasteiger partial charge in [-0.25, -0.2) is 0 Å². The number of carbonyl (C=O) groups excluding carboxylic acids is 1. The molecule has 116 valence electrons. The second-order valence-corrected chi connectivity index (χ2v) is 6.47. The smallest absolute Gasteiger partial charge is 0.237 e. The van der Waals surface area contributed by atoms with Crippen molar-refractivity contribution < 1.29 is 9.32 Å². The first-order valence-corrected chi connectivity index (χ1v) is 8.10. The van der Waals surface area contributed by atoms with Gasteiger partial charge < -0.3 is 15.2 Å². The number of amides is 1. The van der Waals surface area contributed by atoms with E-state index in [1.54, 1.807) is 0 Å². The quantitative estimate of drug-likeness (QED) is 0.896. The SMILES string of the molecule is Cc1noc(C)c1CNC(=O)C1CCC2CCCCC2N1. The number of hydrogen-bond donors (Lipinski definition) is 2. The maximum absolute atomic E-state index is 12.4. The summed E-state index contributed by atoms with van der Waals surface area (Å²) >= 11 is 0. The summed E-state index contributed by atoms with van der Waals surface area (Å²) in [6, 6.07) is 0.507. The molecule has 21 heavy (non-hydrogen) atoms. The average molecular weight is 291 g/mol. The van der Waals surface area contributed by atoms with Crippen molar-refractivity contribution in [1.82, 2.24) is 15.8 Å². The van der Waals surface area contributed by atoms with Gasteiger partial charge in [0.25, 0.3) is 0 Å². The highest BCUT2D eigenvalue weighted by Gasteiger charge is 2.34. The monoisotopic (exact) mass is 291 g/mol. The molecule has 1 aromatic heterocycles. The molecule has 3 rings (SSSR count). The molecule has 0 spiro atoms. The van der Waals surface area contributed by atoms with Gasteiger partial charge in [0.05, 0.1) is 11.7 Å². The van der Waals surface area contributed by atoms with Crippen LogP contribution in [-0.4, -0.2) is 23.1 Å². The molecule has 2 fully saturated rings. The summed E-state index contributed by atoms with van der Waals surface area (Å²) in [5.41, 5.74) is 1.85. The Balaban J connectivity index is 1.54. The Morgan fingerprint density at radius 2 is 2.10 bits per heavy atom. The van der Waals surface area contributed by atoms with Crippen molar-refractivity contribution >= 4 is 5.91 Å². The predicted octanol–water partition coefficient (Wildman–Crippen LogP) is 2.22. The summed E-state index contributed by atoms with van der Waals surface area (Å²) in [5, 5.41) is 10.5. The van der Waals surface area contributed by atoms with Crippen LogP contribution in [0, 0.1) is 19.8 Å². The Bertz CT molecular complexity index is 492. The zero-order valence-electron chi connectivity index (χ0n) is 12.9. The lowest BCUT2D eigenvalue weighted by Gasteiger charge is -2.39. The molecule has 0 bridgehead atoms. The summed E-state index contributed by atoms with van der Waals surface area (Å²) in [4.78, 5) is 12.4. The number of hydrogen-bond acceptors (Lipinski definition) is 4. The van der Waals surface area contributed by atoms with Crippen LogP contribution in [0.5, 0.6) is 0 Å². The van der Waals surface area contributed by atoms with Crippen molar-refractivity contribution in [2.75, 3.05) is 0 Å². The molecule has 2 N–H and O–H groups in total. The lowest BCUT2D eigenvalue weighted by molar-refractivity contribution is -0.124. The van der Waals surface area contributed by atoms with Crippen LogP contribution in [0.1, 0.15) is 55.5 Å². The zero-order valence-corrected chi connectivity index (χ0v) is 12.9. The minimum absolute atomic E-state index is 0.0372. The van der Waals surface area contributed by atoms with Crippen molar-refractivity contribution in [1.29, 1.82) is 0 Å². The molecule has 1 aliphatic carbocycles. The van der Waals surface area contributed by atoms with E-state index in [9.17, 15) is 4.79 Å². The Hall–Kier alpha value is -1.36. The van der Waals surface area contributed by atoms with Crippen LogP contribution in [0.4, 0.5) is 0 Å². The first-order valence-electron chi connectivity index (χ1n) is 8.10. The fourth-order valence-corrected chi connectivity index (χ4v) is 3.75.